The van der Waals surface area contributed by atoms with E-state index in [-0.39, 0.29) is 0 Å². The topological polar surface area (TPSA) is 91.2 Å². The Bertz CT molecular complexity index is 1170. The quantitative estimate of drug-likeness (QED) is 0.432. The number of pyridine rings is 1. The number of hydrogen-bond acceptors (Lipinski definition) is 7. The number of hydrogen-bond donors (Lipinski definition) is 1. The molecule has 3 aromatic heterocycles. The van der Waals surface area contributed by atoms with Crippen molar-refractivity contribution in [1.82, 2.24) is 25.1 Å². The van der Waals surface area contributed by atoms with Gasteiger partial charge in [0, 0.05) is 31.7 Å². The minimum Gasteiger partial charge on any atom is -0.497 e. The largest absolute Gasteiger partial charge is 0.497 e. The SMILES string of the molecule is COc1ccc(CCn2ccc(-c3nc(C)c(OC(=O)NCc4cccnc4)s3)n2)cc1. The van der Waals surface area contributed by atoms with E-state index in [1.165, 1.54) is 16.9 Å². The molecule has 0 saturated heterocycles. The van der Waals surface area contributed by atoms with Gasteiger partial charge in [0.1, 0.15) is 16.5 Å². The monoisotopic (exact) mass is 449 g/mol. The highest BCUT2D eigenvalue weighted by Gasteiger charge is 2.16. The first-order valence-corrected chi connectivity index (χ1v) is 10.9. The Balaban J connectivity index is 1.34. The fourth-order valence-corrected chi connectivity index (χ4v) is 3.90. The van der Waals surface area contributed by atoms with Crippen LogP contribution >= 0.6 is 11.3 Å². The van der Waals surface area contributed by atoms with Gasteiger partial charge in [-0.05, 0) is 48.7 Å². The van der Waals surface area contributed by atoms with Gasteiger partial charge in [-0.3, -0.25) is 9.67 Å². The molecule has 0 radical (unpaired) electrons. The summed E-state index contributed by atoms with van der Waals surface area (Å²) in [5, 5.41) is 8.50. The van der Waals surface area contributed by atoms with Gasteiger partial charge in [0.25, 0.3) is 0 Å². The summed E-state index contributed by atoms with van der Waals surface area (Å²) in [5.41, 5.74) is 3.50. The number of methoxy groups -OCH3 is 1. The minimum absolute atomic E-state index is 0.343. The Kier molecular flexibility index (Phi) is 6.76. The molecule has 32 heavy (non-hydrogen) atoms. The molecule has 4 rings (SSSR count). The summed E-state index contributed by atoms with van der Waals surface area (Å²) in [4.78, 5) is 20.7. The number of aromatic nitrogens is 4. The van der Waals surface area contributed by atoms with Crippen molar-refractivity contribution in [3.05, 3.63) is 77.9 Å². The molecule has 1 amide bonds. The van der Waals surface area contributed by atoms with Gasteiger partial charge in [-0.2, -0.15) is 5.10 Å². The van der Waals surface area contributed by atoms with E-state index in [0.29, 0.717) is 22.3 Å². The highest BCUT2D eigenvalue weighted by molar-refractivity contribution is 7.17. The first-order valence-electron chi connectivity index (χ1n) is 10.1. The molecule has 0 unspecified atom stereocenters. The maximum atomic E-state index is 12.1. The first kappa shape index (κ1) is 21.5. The van der Waals surface area contributed by atoms with Gasteiger partial charge >= 0.3 is 6.09 Å². The third kappa shape index (κ3) is 5.50. The Morgan fingerprint density at radius 1 is 1.16 bits per heavy atom. The number of amides is 1. The van der Waals surface area contributed by atoms with E-state index in [0.717, 1.165) is 30.0 Å². The van der Waals surface area contributed by atoms with Crippen molar-refractivity contribution in [2.24, 2.45) is 0 Å². The number of nitrogens with zero attached hydrogens (tertiary/aromatic N) is 4. The van der Waals surface area contributed by atoms with Gasteiger partial charge in [0.15, 0.2) is 0 Å². The third-order valence-electron chi connectivity index (χ3n) is 4.75. The van der Waals surface area contributed by atoms with Crippen LogP contribution in [0.25, 0.3) is 10.7 Å². The Labute approximate surface area is 189 Å². The van der Waals surface area contributed by atoms with E-state index in [4.69, 9.17) is 9.47 Å². The van der Waals surface area contributed by atoms with Crippen LogP contribution in [0, 0.1) is 6.92 Å². The van der Waals surface area contributed by atoms with Gasteiger partial charge in [-0.1, -0.05) is 29.5 Å². The zero-order chi connectivity index (χ0) is 22.3. The molecule has 0 aliphatic carbocycles. The predicted octanol–water partition coefficient (Wildman–Crippen LogP) is 4.25. The van der Waals surface area contributed by atoms with Crippen molar-refractivity contribution < 1.29 is 14.3 Å². The Hall–Kier alpha value is -3.72. The fourth-order valence-electron chi connectivity index (χ4n) is 3.02. The third-order valence-corrected chi connectivity index (χ3v) is 5.81. The fraction of sp³-hybridized carbons (Fsp3) is 0.217. The standard InChI is InChI=1S/C23H23N5O3S/c1-16-22(31-23(29)25-15-18-4-3-11-24-14-18)32-21(26-16)20-10-13-28(27-20)12-9-17-5-7-19(30-2)8-6-17/h3-8,10-11,13-14H,9,12,15H2,1-2H3,(H,25,29). The van der Waals surface area contributed by atoms with Crippen molar-refractivity contribution in [1.29, 1.82) is 0 Å². The molecule has 0 spiro atoms. The molecule has 164 valence electrons. The van der Waals surface area contributed by atoms with Gasteiger partial charge < -0.3 is 14.8 Å². The predicted molar refractivity (Wildman–Crippen MR) is 122 cm³/mol. The molecular formula is C23H23N5O3S. The Morgan fingerprint density at radius 2 is 2.00 bits per heavy atom. The van der Waals surface area contributed by atoms with Gasteiger partial charge in [-0.15, -0.1) is 0 Å². The summed E-state index contributed by atoms with van der Waals surface area (Å²) >= 11 is 1.30. The number of carbonyl (C=O) groups is 1. The number of rotatable bonds is 8. The van der Waals surface area contributed by atoms with Crippen molar-refractivity contribution in [3.63, 3.8) is 0 Å². The maximum absolute atomic E-state index is 12.1. The Morgan fingerprint density at radius 3 is 2.75 bits per heavy atom. The second kappa shape index (κ2) is 10.1. The lowest BCUT2D eigenvalue weighted by atomic mass is 10.1. The second-order valence-corrected chi connectivity index (χ2v) is 8.02. The van der Waals surface area contributed by atoms with Crippen LogP contribution in [0.4, 0.5) is 4.79 Å². The van der Waals surface area contributed by atoms with Gasteiger partial charge in [0.05, 0.1) is 12.8 Å². The lowest BCUT2D eigenvalue weighted by Crippen LogP contribution is -2.26. The number of aryl methyl sites for hydroxylation is 3. The second-order valence-electron chi connectivity index (χ2n) is 7.06. The van der Waals surface area contributed by atoms with E-state index in [2.05, 4.69) is 32.5 Å². The van der Waals surface area contributed by atoms with Crippen molar-refractivity contribution in [3.8, 4) is 21.5 Å². The van der Waals surface area contributed by atoms with E-state index in [9.17, 15) is 4.79 Å². The van der Waals surface area contributed by atoms with E-state index < -0.39 is 6.09 Å². The van der Waals surface area contributed by atoms with Crippen LogP contribution in [0.15, 0.2) is 61.1 Å². The molecule has 9 heteroatoms. The molecule has 0 fully saturated rings. The van der Waals surface area contributed by atoms with Crippen LogP contribution in [-0.4, -0.2) is 33.0 Å². The summed E-state index contributed by atoms with van der Waals surface area (Å²) in [7, 11) is 1.66. The smallest absolute Gasteiger partial charge is 0.413 e. The molecule has 0 aliphatic heterocycles. The summed E-state index contributed by atoms with van der Waals surface area (Å²) in [6.07, 6.45) is 5.63. The number of carbonyl (C=O) groups excluding carboxylic acids is 1. The number of ether oxygens (including phenoxy) is 2. The molecule has 4 aromatic rings. The number of benzene rings is 1. The summed E-state index contributed by atoms with van der Waals surface area (Å²) < 4.78 is 12.5. The molecule has 0 saturated carbocycles. The summed E-state index contributed by atoms with van der Waals surface area (Å²) in [5.74, 6) is 0.845. The van der Waals surface area contributed by atoms with E-state index in [1.807, 2.05) is 48.1 Å². The van der Waals surface area contributed by atoms with Crippen LogP contribution in [0.3, 0.4) is 0 Å². The molecule has 0 bridgehead atoms. The maximum Gasteiger partial charge on any atom is 0.413 e. The molecule has 8 nitrogen and oxygen atoms in total. The molecule has 1 aromatic carbocycles. The number of nitrogens with one attached hydrogen (secondary N) is 1. The van der Waals surface area contributed by atoms with Crippen LogP contribution in [0.1, 0.15) is 16.8 Å². The van der Waals surface area contributed by atoms with E-state index in [1.54, 1.807) is 19.5 Å². The average molecular weight is 450 g/mol. The van der Waals surface area contributed by atoms with E-state index >= 15 is 0 Å². The lowest BCUT2D eigenvalue weighted by Gasteiger charge is -2.05. The van der Waals surface area contributed by atoms with Crippen molar-refractivity contribution in [2.45, 2.75) is 26.4 Å². The molecular weight excluding hydrogens is 426 g/mol. The van der Waals surface area contributed by atoms with Crippen LogP contribution in [0.5, 0.6) is 10.8 Å². The summed E-state index contributed by atoms with van der Waals surface area (Å²) in [6.45, 7) is 2.90. The zero-order valence-electron chi connectivity index (χ0n) is 17.8. The van der Waals surface area contributed by atoms with Crippen LogP contribution in [0.2, 0.25) is 0 Å². The average Bonchev–Trinajstić information content (AvgIpc) is 3.44. The zero-order valence-corrected chi connectivity index (χ0v) is 18.6. The van der Waals surface area contributed by atoms with Gasteiger partial charge in [0.2, 0.25) is 5.06 Å². The molecule has 1 N–H and O–H groups in total. The highest BCUT2D eigenvalue weighted by Crippen LogP contribution is 2.32. The number of thiazole rings is 1. The lowest BCUT2D eigenvalue weighted by molar-refractivity contribution is 0.201. The minimum atomic E-state index is -0.530. The van der Waals surface area contributed by atoms with Crippen molar-refractivity contribution >= 4 is 17.4 Å². The normalized spacial score (nSPS) is 10.7. The summed E-state index contributed by atoms with van der Waals surface area (Å²) in [6, 6.07) is 13.6. The van der Waals surface area contributed by atoms with Crippen LogP contribution in [-0.2, 0) is 19.5 Å². The highest BCUT2D eigenvalue weighted by atomic mass is 32.1. The molecule has 0 atom stereocenters. The first-order chi connectivity index (χ1) is 15.6. The van der Waals surface area contributed by atoms with Crippen LogP contribution < -0.4 is 14.8 Å². The van der Waals surface area contributed by atoms with Gasteiger partial charge in [-0.25, -0.2) is 9.78 Å². The molecule has 3 heterocycles. The molecule has 0 aliphatic rings. The van der Waals surface area contributed by atoms with Crippen molar-refractivity contribution in [2.75, 3.05) is 7.11 Å².